The van der Waals surface area contributed by atoms with E-state index in [1.807, 2.05) is 30.3 Å². The van der Waals surface area contributed by atoms with Gasteiger partial charge in [-0.25, -0.2) is 4.68 Å². The maximum atomic E-state index is 12.8. The van der Waals surface area contributed by atoms with E-state index in [0.29, 0.717) is 15.7 Å². The molecule has 2 heterocycles. The van der Waals surface area contributed by atoms with E-state index in [2.05, 4.69) is 27.8 Å². The Kier molecular flexibility index (Phi) is 6.53. The van der Waals surface area contributed by atoms with Gasteiger partial charge >= 0.3 is 0 Å². The maximum absolute atomic E-state index is 12.8. The SMILES string of the molecule is CCCNc1nnc(SCC(=O)Nc2c(C)n(C)n(-c3ccccc3)c2=O)s1. The molecule has 8 nitrogen and oxygen atoms in total. The third-order valence-electron chi connectivity index (χ3n) is 4.08. The van der Waals surface area contributed by atoms with Gasteiger partial charge in [0.2, 0.25) is 11.0 Å². The number of rotatable bonds is 8. The lowest BCUT2D eigenvalue weighted by atomic mass is 10.3. The third-order valence-corrected chi connectivity index (χ3v) is 6.09. The molecule has 3 rings (SSSR count). The molecule has 0 atom stereocenters. The van der Waals surface area contributed by atoms with E-state index in [1.165, 1.54) is 27.8 Å². The molecule has 1 amide bonds. The second kappa shape index (κ2) is 9.07. The highest BCUT2D eigenvalue weighted by molar-refractivity contribution is 8.01. The van der Waals surface area contributed by atoms with Crippen LogP contribution in [-0.2, 0) is 11.8 Å². The number of amides is 1. The van der Waals surface area contributed by atoms with Crippen LogP contribution in [0.25, 0.3) is 5.69 Å². The molecule has 0 aliphatic rings. The highest BCUT2D eigenvalue weighted by Gasteiger charge is 2.18. The molecule has 1 aromatic carbocycles. The Morgan fingerprint density at radius 3 is 2.71 bits per heavy atom. The number of para-hydroxylation sites is 1. The summed E-state index contributed by atoms with van der Waals surface area (Å²) in [6, 6.07) is 9.32. The van der Waals surface area contributed by atoms with Crippen LogP contribution in [0.5, 0.6) is 0 Å². The van der Waals surface area contributed by atoms with Gasteiger partial charge in [-0.15, -0.1) is 10.2 Å². The minimum absolute atomic E-state index is 0.154. The van der Waals surface area contributed by atoms with Gasteiger partial charge in [0, 0.05) is 13.6 Å². The summed E-state index contributed by atoms with van der Waals surface area (Å²) in [5.41, 5.74) is 1.47. The summed E-state index contributed by atoms with van der Waals surface area (Å²) < 4.78 is 3.98. The zero-order valence-corrected chi connectivity index (χ0v) is 17.6. The molecule has 0 bridgehead atoms. The lowest BCUT2D eigenvalue weighted by molar-refractivity contribution is -0.113. The standard InChI is InChI=1S/C18H22N6O2S2/c1-4-10-19-17-21-22-18(28-17)27-11-14(25)20-15-12(2)23(3)24(16(15)26)13-8-6-5-7-9-13/h5-9H,4,10-11H2,1-3H3,(H,19,21)(H,20,25). The van der Waals surface area contributed by atoms with E-state index < -0.39 is 0 Å². The number of nitrogens with zero attached hydrogens (tertiary/aromatic N) is 4. The van der Waals surface area contributed by atoms with Crippen molar-refractivity contribution in [2.45, 2.75) is 24.6 Å². The van der Waals surface area contributed by atoms with E-state index in [-0.39, 0.29) is 17.2 Å². The molecule has 28 heavy (non-hydrogen) atoms. The minimum atomic E-state index is -0.258. The predicted octanol–water partition coefficient (Wildman–Crippen LogP) is 2.89. The van der Waals surface area contributed by atoms with Gasteiger partial charge in [-0.3, -0.25) is 14.3 Å². The summed E-state index contributed by atoms with van der Waals surface area (Å²) >= 11 is 2.71. The van der Waals surface area contributed by atoms with Crippen LogP contribution in [-0.4, -0.2) is 37.8 Å². The van der Waals surface area contributed by atoms with Crippen molar-refractivity contribution in [3.05, 3.63) is 46.4 Å². The van der Waals surface area contributed by atoms with Crippen LogP contribution in [0, 0.1) is 6.92 Å². The van der Waals surface area contributed by atoms with Crippen LogP contribution in [0.15, 0.2) is 39.5 Å². The molecule has 0 saturated heterocycles. The second-order valence-electron chi connectivity index (χ2n) is 6.07. The number of carbonyl (C=O) groups is 1. The van der Waals surface area contributed by atoms with Gasteiger partial charge in [0.05, 0.1) is 17.1 Å². The molecule has 0 saturated carbocycles. The highest BCUT2D eigenvalue weighted by Crippen LogP contribution is 2.25. The lowest BCUT2D eigenvalue weighted by Gasteiger charge is -2.07. The van der Waals surface area contributed by atoms with Crippen molar-refractivity contribution in [2.24, 2.45) is 7.05 Å². The topological polar surface area (TPSA) is 93.8 Å². The number of carbonyl (C=O) groups excluding carboxylic acids is 1. The number of benzene rings is 1. The molecule has 10 heteroatoms. The van der Waals surface area contributed by atoms with Crippen LogP contribution in [0.2, 0.25) is 0 Å². The summed E-state index contributed by atoms with van der Waals surface area (Å²) in [4.78, 5) is 25.2. The summed E-state index contributed by atoms with van der Waals surface area (Å²) in [6.07, 6.45) is 1.00. The van der Waals surface area contributed by atoms with Crippen molar-refractivity contribution in [2.75, 3.05) is 22.9 Å². The molecule has 3 aromatic rings. The van der Waals surface area contributed by atoms with Crippen molar-refractivity contribution in [1.82, 2.24) is 19.6 Å². The Morgan fingerprint density at radius 1 is 1.25 bits per heavy atom. The van der Waals surface area contributed by atoms with E-state index in [0.717, 1.165) is 23.8 Å². The van der Waals surface area contributed by atoms with Crippen LogP contribution in [0.1, 0.15) is 19.0 Å². The summed E-state index contributed by atoms with van der Waals surface area (Å²) in [5, 5.41) is 14.8. The molecule has 2 aromatic heterocycles. The number of aromatic nitrogens is 4. The van der Waals surface area contributed by atoms with Crippen LogP contribution in [0.4, 0.5) is 10.8 Å². The van der Waals surface area contributed by atoms with Crippen molar-refractivity contribution in [3.63, 3.8) is 0 Å². The first-order chi connectivity index (χ1) is 13.5. The summed E-state index contributed by atoms with van der Waals surface area (Å²) in [6.45, 7) is 4.71. The molecule has 0 unspecified atom stereocenters. The maximum Gasteiger partial charge on any atom is 0.295 e. The summed E-state index contributed by atoms with van der Waals surface area (Å²) in [5.74, 6) is -0.101. The molecule has 0 fully saturated rings. The van der Waals surface area contributed by atoms with Crippen molar-refractivity contribution >= 4 is 39.8 Å². The largest absolute Gasteiger partial charge is 0.360 e. The molecular weight excluding hydrogens is 396 g/mol. The van der Waals surface area contributed by atoms with Gasteiger partial charge in [-0.05, 0) is 25.5 Å². The van der Waals surface area contributed by atoms with Gasteiger partial charge in [-0.1, -0.05) is 48.2 Å². The Morgan fingerprint density at radius 2 is 2.00 bits per heavy atom. The summed E-state index contributed by atoms with van der Waals surface area (Å²) in [7, 11) is 1.79. The predicted molar refractivity (Wildman–Crippen MR) is 114 cm³/mol. The molecule has 0 spiro atoms. The van der Waals surface area contributed by atoms with Crippen LogP contribution in [0.3, 0.4) is 0 Å². The number of anilines is 2. The minimum Gasteiger partial charge on any atom is -0.360 e. The fraction of sp³-hybridized carbons (Fsp3) is 0.333. The Labute approximate surface area is 171 Å². The average Bonchev–Trinajstić information content (AvgIpc) is 3.24. The Balaban J connectivity index is 1.68. The molecule has 0 aliphatic carbocycles. The first-order valence-corrected chi connectivity index (χ1v) is 10.7. The van der Waals surface area contributed by atoms with Gasteiger partial charge < -0.3 is 10.6 Å². The van der Waals surface area contributed by atoms with E-state index in [9.17, 15) is 9.59 Å². The first kappa shape index (κ1) is 20.2. The van der Waals surface area contributed by atoms with Crippen molar-refractivity contribution in [3.8, 4) is 5.69 Å². The molecule has 0 aliphatic heterocycles. The van der Waals surface area contributed by atoms with E-state index in [1.54, 1.807) is 18.7 Å². The van der Waals surface area contributed by atoms with Crippen molar-refractivity contribution < 1.29 is 4.79 Å². The van der Waals surface area contributed by atoms with Crippen LogP contribution < -0.4 is 16.2 Å². The monoisotopic (exact) mass is 418 g/mol. The average molecular weight is 419 g/mol. The zero-order valence-electron chi connectivity index (χ0n) is 15.9. The van der Waals surface area contributed by atoms with E-state index >= 15 is 0 Å². The Bertz CT molecular complexity index is 1010. The van der Waals surface area contributed by atoms with Gasteiger partial charge in [0.15, 0.2) is 4.34 Å². The smallest absolute Gasteiger partial charge is 0.295 e. The van der Waals surface area contributed by atoms with E-state index in [4.69, 9.17) is 0 Å². The highest BCUT2D eigenvalue weighted by atomic mass is 32.2. The normalized spacial score (nSPS) is 10.8. The number of hydrogen-bond acceptors (Lipinski definition) is 7. The fourth-order valence-corrected chi connectivity index (χ4v) is 4.16. The fourth-order valence-electron chi connectivity index (χ4n) is 2.59. The van der Waals surface area contributed by atoms with Gasteiger partial charge in [-0.2, -0.15) is 0 Å². The Hall–Kier alpha value is -2.59. The second-order valence-corrected chi connectivity index (χ2v) is 8.27. The number of thioether (sulfide) groups is 1. The van der Waals surface area contributed by atoms with Gasteiger partial charge in [0.25, 0.3) is 5.56 Å². The van der Waals surface area contributed by atoms with Crippen LogP contribution >= 0.6 is 23.1 Å². The quantitative estimate of drug-likeness (QED) is 0.547. The lowest BCUT2D eigenvalue weighted by Crippen LogP contribution is -2.23. The van der Waals surface area contributed by atoms with Crippen molar-refractivity contribution in [1.29, 1.82) is 0 Å². The first-order valence-electron chi connectivity index (χ1n) is 8.85. The molecular formula is C18H22N6O2S2. The molecule has 0 radical (unpaired) electrons. The molecule has 148 valence electrons. The van der Waals surface area contributed by atoms with Gasteiger partial charge in [0.1, 0.15) is 5.69 Å². The third kappa shape index (κ3) is 4.45. The molecule has 2 N–H and O–H groups in total. The number of hydrogen-bond donors (Lipinski definition) is 2. The zero-order chi connectivity index (χ0) is 20.1. The number of nitrogens with one attached hydrogen (secondary N) is 2.